The quantitative estimate of drug-likeness (QED) is 0.418. The molecule has 2 aliphatic heterocycles. The van der Waals surface area contributed by atoms with Crippen molar-refractivity contribution in [2.75, 3.05) is 5.73 Å². The first kappa shape index (κ1) is 20.3. The van der Waals surface area contributed by atoms with Crippen LogP contribution in [0.4, 0.5) is 19.0 Å². The molecule has 0 amide bonds. The van der Waals surface area contributed by atoms with E-state index in [9.17, 15) is 13.2 Å². The topological polar surface area (TPSA) is 78.9 Å². The molecule has 0 saturated heterocycles. The Hall–Kier alpha value is -2.45. The van der Waals surface area contributed by atoms with E-state index in [1.807, 2.05) is 0 Å². The number of nitrogen functional groups attached to an aromatic ring is 1. The number of rotatable bonds is 6. The minimum Gasteiger partial charge on any atom is -0.406 e. The van der Waals surface area contributed by atoms with Crippen molar-refractivity contribution < 1.29 is 17.9 Å². The van der Waals surface area contributed by atoms with Crippen molar-refractivity contribution in [2.24, 2.45) is 0 Å². The second kappa shape index (κ2) is 8.28. The Bertz CT molecular complexity index is 1000. The van der Waals surface area contributed by atoms with E-state index in [2.05, 4.69) is 41.5 Å². The minimum atomic E-state index is -4.78. The average Bonchev–Trinajstić information content (AvgIpc) is 2.99. The lowest BCUT2D eigenvalue weighted by atomic mass is 10.3. The van der Waals surface area contributed by atoms with E-state index in [0.717, 1.165) is 18.2 Å². The zero-order valence-corrected chi connectivity index (χ0v) is 16.6. The van der Waals surface area contributed by atoms with E-state index in [4.69, 9.17) is 12.2 Å². The predicted octanol–water partition coefficient (Wildman–Crippen LogP) is 4.59. The summed E-state index contributed by atoms with van der Waals surface area (Å²) >= 11 is 4.26. The van der Waals surface area contributed by atoms with Crippen LogP contribution in [0.15, 0.2) is 39.1 Å². The van der Waals surface area contributed by atoms with Gasteiger partial charge in [-0.25, -0.2) is 15.0 Å². The van der Waals surface area contributed by atoms with E-state index in [1.54, 1.807) is 17.0 Å². The van der Waals surface area contributed by atoms with Gasteiger partial charge in [-0.05, 0) is 36.4 Å². The fourth-order valence-electron chi connectivity index (χ4n) is 2.39. The molecule has 1 aromatic rings. The Labute approximate surface area is 171 Å². The number of ether oxygens (including phenoxy) is 1. The Kier molecular flexibility index (Phi) is 6.00. The molecule has 0 fully saturated rings. The number of alkyl halides is 3. The first-order valence-corrected chi connectivity index (χ1v) is 9.52. The van der Waals surface area contributed by atoms with Crippen molar-refractivity contribution >= 4 is 33.5 Å². The van der Waals surface area contributed by atoms with Gasteiger partial charge in [0.25, 0.3) is 0 Å². The molecule has 11 heteroatoms. The molecule has 6 nitrogen and oxygen atoms in total. The Morgan fingerprint density at radius 1 is 1.29 bits per heavy atom. The van der Waals surface area contributed by atoms with Gasteiger partial charge in [0, 0.05) is 22.3 Å². The molecule has 0 bridgehead atoms. The normalized spacial score (nSPS) is 11.5. The maximum absolute atomic E-state index is 12.5. The number of aromatic nitrogens is 4. The summed E-state index contributed by atoms with van der Waals surface area (Å²) in [7, 11) is 0. The average molecular weight is 472 g/mol. The van der Waals surface area contributed by atoms with Crippen LogP contribution in [-0.4, -0.2) is 25.9 Å². The smallest absolute Gasteiger partial charge is 0.406 e. The maximum Gasteiger partial charge on any atom is 0.573 e. The molecule has 28 heavy (non-hydrogen) atoms. The standard InChI is InChI=1S/C17H13BrF3N5OS/c1-2-3-4-5-26-9-23-14(22)13-15(26)25-16(24-13)28-12-7-10(18)6-11(8-12)27-17(19,20)21/h1,6-9H,3-5,22H2. The molecular formula is C17H13BrF3N5OS. The van der Waals surface area contributed by atoms with Gasteiger partial charge >= 0.3 is 6.36 Å². The van der Waals surface area contributed by atoms with Crippen molar-refractivity contribution in [1.82, 2.24) is 19.5 Å². The van der Waals surface area contributed by atoms with E-state index in [1.165, 1.54) is 12.1 Å². The van der Waals surface area contributed by atoms with Gasteiger partial charge in [-0.1, -0.05) is 15.9 Å². The molecule has 0 unspecified atom stereocenters. The molecule has 146 valence electrons. The number of nitrogens with zero attached hydrogens (tertiary/aromatic N) is 4. The molecule has 0 spiro atoms. The molecule has 1 aromatic carbocycles. The molecule has 0 aromatic heterocycles. The van der Waals surface area contributed by atoms with Gasteiger partial charge in [-0.2, -0.15) is 0 Å². The number of aryl methyl sites for hydroxylation is 1. The third-order valence-electron chi connectivity index (χ3n) is 3.48. The van der Waals surface area contributed by atoms with Crippen LogP contribution in [0, 0.1) is 12.3 Å². The lowest BCUT2D eigenvalue weighted by Crippen LogP contribution is -2.17. The number of imidazole rings is 1. The summed E-state index contributed by atoms with van der Waals surface area (Å²) in [5.41, 5.74) is 6.31. The molecule has 0 aliphatic carbocycles. The zero-order valence-electron chi connectivity index (χ0n) is 14.2. The maximum atomic E-state index is 12.5. The number of hydrogen-bond donors (Lipinski definition) is 1. The van der Waals surface area contributed by atoms with E-state index in [0.29, 0.717) is 39.0 Å². The molecule has 2 aliphatic rings. The van der Waals surface area contributed by atoms with Crippen molar-refractivity contribution in [2.45, 2.75) is 35.8 Å². The summed E-state index contributed by atoms with van der Waals surface area (Å²) in [6, 6.07) is 4.12. The highest BCUT2D eigenvalue weighted by atomic mass is 79.9. The van der Waals surface area contributed by atoms with E-state index >= 15 is 0 Å². The summed E-state index contributed by atoms with van der Waals surface area (Å²) in [5.74, 6) is 2.98. The molecule has 2 N–H and O–H groups in total. The fraction of sp³-hybridized carbons (Fsp3) is 0.235. The fourth-order valence-corrected chi connectivity index (χ4v) is 3.85. The third-order valence-corrected chi connectivity index (χ3v) is 4.77. The molecule has 3 rings (SSSR count). The Balaban J connectivity index is 1.89. The minimum absolute atomic E-state index is 0.220. The van der Waals surface area contributed by atoms with Gasteiger partial charge in [0.1, 0.15) is 5.75 Å². The Morgan fingerprint density at radius 2 is 2.07 bits per heavy atom. The van der Waals surface area contributed by atoms with Crippen molar-refractivity contribution in [3.8, 4) is 29.6 Å². The number of hydrogen-bond acceptors (Lipinski definition) is 6. The first-order valence-electron chi connectivity index (χ1n) is 7.91. The largest absolute Gasteiger partial charge is 0.573 e. The lowest BCUT2D eigenvalue weighted by molar-refractivity contribution is -0.274. The second-order valence-corrected chi connectivity index (χ2v) is 7.54. The number of benzene rings is 1. The summed E-state index contributed by atoms with van der Waals surface area (Å²) in [5, 5.41) is 0.330. The van der Waals surface area contributed by atoms with Crippen molar-refractivity contribution in [3.05, 3.63) is 29.0 Å². The zero-order chi connectivity index (χ0) is 20.3. The molecule has 2 heterocycles. The van der Waals surface area contributed by atoms with Crippen molar-refractivity contribution in [3.63, 3.8) is 0 Å². The predicted molar refractivity (Wildman–Crippen MR) is 102 cm³/mol. The van der Waals surface area contributed by atoms with Crippen LogP contribution >= 0.6 is 27.7 Å². The number of terminal acetylenes is 1. The summed E-state index contributed by atoms with van der Waals surface area (Å²) < 4.78 is 43.6. The van der Waals surface area contributed by atoms with Crippen LogP contribution in [0.5, 0.6) is 5.75 Å². The summed E-state index contributed by atoms with van der Waals surface area (Å²) in [6.45, 7) is 0.594. The Morgan fingerprint density at radius 3 is 2.79 bits per heavy atom. The van der Waals surface area contributed by atoms with Gasteiger partial charge < -0.3 is 15.0 Å². The molecule has 0 saturated carbocycles. The highest BCUT2D eigenvalue weighted by Gasteiger charge is 2.31. The lowest BCUT2D eigenvalue weighted by Gasteiger charge is -2.10. The van der Waals surface area contributed by atoms with Crippen LogP contribution in [0.25, 0.3) is 11.5 Å². The number of fused-ring (bicyclic) bond motifs is 1. The molecular weight excluding hydrogens is 459 g/mol. The second-order valence-electron chi connectivity index (χ2n) is 5.58. The van der Waals surface area contributed by atoms with Gasteiger partial charge in [0.05, 0.1) is 6.33 Å². The summed E-state index contributed by atoms with van der Waals surface area (Å²) in [4.78, 5) is 13.4. The molecule has 0 atom stereocenters. The van der Waals surface area contributed by atoms with Gasteiger partial charge in [-0.3, -0.25) is 0 Å². The third kappa shape index (κ3) is 5.08. The summed E-state index contributed by atoms with van der Waals surface area (Å²) in [6.07, 6.45) is 3.40. The first-order chi connectivity index (χ1) is 13.2. The highest BCUT2D eigenvalue weighted by molar-refractivity contribution is 9.10. The van der Waals surface area contributed by atoms with Gasteiger partial charge in [0.15, 0.2) is 22.5 Å². The van der Waals surface area contributed by atoms with Crippen molar-refractivity contribution in [1.29, 1.82) is 0 Å². The van der Waals surface area contributed by atoms with Crippen LogP contribution in [0.1, 0.15) is 12.8 Å². The van der Waals surface area contributed by atoms with Crippen LogP contribution in [0.2, 0.25) is 0 Å². The van der Waals surface area contributed by atoms with Crippen LogP contribution in [0.3, 0.4) is 0 Å². The van der Waals surface area contributed by atoms with E-state index in [-0.39, 0.29) is 11.6 Å². The SMILES string of the molecule is C#CCCCn1cnc(N)c2nc(Sc3cc(Br)cc(OC(F)(F)F)c3)nc1-2. The number of anilines is 1. The van der Waals surface area contributed by atoms with E-state index < -0.39 is 6.36 Å². The highest BCUT2D eigenvalue weighted by Crippen LogP contribution is 2.36. The van der Waals surface area contributed by atoms with Gasteiger partial charge in [0.2, 0.25) is 0 Å². The van der Waals surface area contributed by atoms with Crippen LogP contribution < -0.4 is 10.5 Å². The van der Waals surface area contributed by atoms with Crippen LogP contribution in [-0.2, 0) is 6.54 Å². The number of halogens is 4. The monoisotopic (exact) mass is 471 g/mol. The molecule has 0 radical (unpaired) electrons. The number of nitrogens with two attached hydrogens (primary N) is 1. The number of unbranched alkanes of at least 4 members (excludes halogenated alkanes) is 1. The van der Waals surface area contributed by atoms with Gasteiger partial charge in [-0.15, -0.1) is 25.5 Å².